The number of nitrogens with one attached hydrogen (secondary N) is 1. The molecule has 1 N–H and O–H groups in total. The quantitative estimate of drug-likeness (QED) is 0.520. The predicted octanol–water partition coefficient (Wildman–Crippen LogP) is 3.29. The molecule has 3 amide bonds. The van der Waals surface area contributed by atoms with Crippen LogP contribution >= 0.6 is 11.3 Å². The van der Waals surface area contributed by atoms with Crippen LogP contribution in [0.5, 0.6) is 0 Å². The van der Waals surface area contributed by atoms with Crippen molar-refractivity contribution in [3.05, 3.63) is 81.9 Å². The molecule has 7 nitrogen and oxygen atoms in total. The van der Waals surface area contributed by atoms with Crippen LogP contribution in [0.2, 0.25) is 0 Å². The van der Waals surface area contributed by atoms with Crippen molar-refractivity contribution >= 4 is 40.3 Å². The molecule has 29 heavy (non-hydrogen) atoms. The number of hydrogen-bond donors (Lipinski definition) is 1. The maximum atomic E-state index is 12.4. The first-order valence-electron chi connectivity index (χ1n) is 8.84. The second-order valence-electron chi connectivity index (χ2n) is 6.48. The molecule has 2 aromatic carbocycles. The number of anilines is 1. The fourth-order valence-corrected chi connectivity index (χ4v) is 3.61. The van der Waals surface area contributed by atoms with Crippen LogP contribution in [0.1, 0.15) is 36.9 Å². The highest BCUT2D eigenvalue weighted by molar-refractivity contribution is 7.15. The zero-order valence-corrected chi connectivity index (χ0v) is 16.3. The van der Waals surface area contributed by atoms with E-state index in [1.807, 2.05) is 31.2 Å². The van der Waals surface area contributed by atoms with Gasteiger partial charge in [-0.2, -0.15) is 0 Å². The number of rotatable bonds is 5. The molecule has 0 unspecified atom stereocenters. The van der Waals surface area contributed by atoms with Crippen LogP contribution < -0.4 is 5.32 Å². The summed E-state index contributed by atoms with van der Waals surface area (Å²) in [5.41, 5.74) is 2.83. The van der Waals surface area contributed by atoms with E-state index in [2.05, 4.69) is 15.5 Å². The highest BCUT2D eigenvalue weighted by Gasteiger charge is 2.35. The topological polar surface area (TPSA) is 92.3 Å². The van der Waals surface area contributed by atoms with Crippen LogP contribution in [0.3, 0.4) is 0 Å². The van der Waals surface area contributed by atoms with Crippen molar-refractivity contribution in [3.63, 3.8) is 0 Å². The minimum absolute atomic E-state index is 0.0130. The summed E-state index contributed by atoms with van der Waals surface area (Å²) in [6, 6.07) is 14.5. The molecular formula is C21H16N4O3S. The van der Waals surface area contributed by atoms with Gasteiger partial charge >= 0.3 is 0 Å². The van der Waals surface area contributed by atoms with E-state index in [0.29, 0.717) is 21.3 Å². The second kappa shape index (κ2) is 7.76. The molecular weight excluding hydrogens is 388 g/mol. The van der Waals surface area contributed by atoms with Gasteiger partial charge in [0.2, 0.25) is 11.0 Å². The SMILES string of the molecule is Cc1ccc(/C=C/C(=O)Nc2nnc(CN3C(=O)c4ccccc4C3=O)s2)cc1. The van der Waals surface area contributed by atoms with Crippen LogP contribution in [0.15, 0.2) is 54.6 Å². The van der Waals surface area contributed by atoms with Crippen molar-refractivity contribution in [2.24, 2.45) is 0 Å². The number of carbonyl (C=O) groups excluding carboxylic acids is 3. The molecule has 1 aliphatic heterocycles. The summed E-state index contributed by atoms with van der Waals surface area (Å²) in [4.78, 5) is 38.1. The van der Waals surface area contributed by atoms with Crippen LogP contribution in [-0.2, 0) is 11.3 Å². The smallest absolute Gasteiger partial charge is 0.261 e. The average Bonchev–Trinajstić information content (AvgIpc) is 3.26. The van der Waals surface area contributed by atoms with E-state index in [4.69, 9.17) is 0 Å². The number of imide groups is 1. The standard InChI is InChI=1S/C21H16N4O3S/c1-13-6-8-14(9-7-13)10-11-17(26)22-21-24-23-18(29-21)12-25-19(27)15-4-2-3-5-16(15)20(25)28/h2-11H,12H2,1H3,(H,22,24,26)/b11-10+. The van der Waals surface area contributed by atoms with Gasteiger partial charge in [0.15, 0.2) is 0 Å². The zero-order chi connectivity index (χ0) is 20.4. The van der Waals surface area contributed by atoms with Crippen molar-refractivity contribution < 1.29 is 14.4 Å². The van der Waals surface area contributed by atoms with Gasteiger partial charge in [-0.25, -0.2) is 0 Å². The van der Waals surface area contributed by atoms with Crippen molar-refractivity contribution in [2.45, 2.75) is 13.5 Å². The fraction of sp³-hybridized carbons (Fsp3) is 0.0952. The number of aryl methyl sites for hydroxylation is 1. The number of amides is 3. The zero-order valence-electron chi connectivity index (χ0n) is 15.5. The molecule has 0 spiro atoms. The number of fused-ring (bicyclic) bond motifs is 1. The van der Waals surface area contributed by atoms with Gasteiger partial charge in [0, 0.05) is 6.08 Å². The molecule has 1 aromatic heterocycles. The van der Waals surface area contributed by atoms with Gasteiger partial charge in [0.25, 0.3) is 11.8 Å². The summed E-state index contributed by atoms with van der Waals surface area (Å²) < 4.78 is 0. The number of aromatic nitrogens is 2. The maximum absolute atomic E-state index is 12.4. The molecule has 0 atom stereocenters. The number of nitrogens with zero attached hydrogens (tertiary/aromatic N) is 3. The number of benzene rings is 2. The lowest BCUT2D eigenvalue weighted by Crippen LogP contribution is -2.29. The molecule has 0 saturated heterocycles. The van der Waals surface area contributed by atoms with Gasteiger partial charge in [-0.15, -0.1) is 10.2 Å². The Hall–Kier alpha value is -3.65. The Morgan fingerprint density at radius 2 is 1.69 bits per heavy atom. The Bertz CT molecular complexity index is 1100. The van der Waals surface area contributed by atoms with Gasteiger partial charge in [-0.1, -0.05) is 53.3 Å². The molecule has 0 radical (unpaired) electrons. The third-order valence-electron chi connectivity index (χ3n) is 4.37. The lowest BCUT2D eigenvalue weighted by Gasteiger charge is -2.10. The minimum Gasteiger partial charge on any atom is -0.297 e. The van der Waals surface area contributed by atoms with Crippen LogP contribution in [0.4, 0.5) is 5.13 Å². The van der Waals surface area contributed by atoms with Gasteiger partial charge in [-0.05, 0) is 30.7 Å². The van der Waals surface area contributed by atoms with Crippen molar-refractivity contribution in [3.8, 4) is 0 Å². The summed E-state index contributed by atoms with van der Waals surface area (Å²) in [5.74, 6) is -1.05. The fourth-order valence-electron chi connectivity index (χ4n) is 2.88. The van der Waals surface area contributed by atoms with E-state index in [1.165, 1.54) is 6.08 Å². The Labute approximate surface area is 170 Å². The maximum Gasteiger partial charge on any atom is 0.261 e. The Kier molecular flexibility index (Phi) is 5.01. The molecule has 0 fully saturated rings. The molecule has 2 heterocycles. The molecule has 0 bridgehead atoms. The van der Waals surface area contributed by atoms with E-state index in [-0.39, 0.29) is 24.3 Å². The summed E-state index contributed by atoms with van der Waals surface area (Å²) in [6.45, 7) is 2.01. The van der Waals surface area contributed by atoms with E-state index < -0.39 is 0 Å². The van der Waals surface area contributed by atoms with Gasteiger partial charge < -0.3 is 0 Å². The highest BCUT2D eigenvalue weighted by atomic mass is 32.1. The monoisotopic (exact) mass is 404 g/mol. The molecule has 144 valence electrons. The Morgan fingerprint density at radius 3 is 2.34 bits per heavy atom. The first-order valence-corrected chi connectivity index (χ1v) is 9.66. The Balaban J connectivity index is 1.39. The third-order valence-corrected chi connectivity index (χ3v) is 5.20. The van der Waals surface area contributed by atoms with E-state index in [0.717, 1.165) is 27.4 Å². The minimum atomic E-state index is -0.354. The molecule has 0 saturated carbocycles. The summed E-state index contributed by atoms with van der Waals surface area (Å²) in [6.07, 6.45) is 3.12. The molecule has 4 rings (SSSR count). The molecule has 0 aliphatic carbocycles. The number of carbonyl (C=O) groups is 3. The lowest BCUT2D eigenvalue weighted by atomic mass is 10.1. The third kappa shape index (κ3) is 3.97. The molecule has 1 aliphatic rings. The van der Waals surface area contributed by atoms with Crippen LogP contribution in [0, 0.1) is 6.92 Å². The second-order valence-corrected chi connectivity index (χ2v) is 7.54. The first kappa shape index (κ1) is 18.7. The molecule has 3 aromatic rings. The normalized spacial score (nSPS) is 13.2. The predicted molar refractivity (Wildman–Crippen MR) is 109 cm³/mol. The van der Waals surface area contributed by atoms with Crippen molar-refractivity contribution in [1.82, 2.24) is 15.1 Å². The summed E-state index contributed by atoms with van der Waals surface area (Å²) >= 11 is 1.12. The van der Waals surface area contributed by atoms with E-state index in [9.17, 15) is 14.4 Å². The average molecular weight is 404 g/mol. The van der Waals surface area contributed by atoms with E-state index in [1.54, 1.807) is 30.3 Å². The van der Waals surface area contributed by atoms with Crippen LogP contribution in [0.25, 0.3) is 6.08 Å². The largest absolute Gasteiger partial charge is 0.297 e. The van der Waals surface area contributed by atoms with E-state index >= 15 is 0 Å². The number of hydrogen-bond acceptors (Lipinski definition) is 6. The lowest BCUT2D eigenvalue weighted by molar-refractivity contribution is -0.111. The van der Waals surface area contributed by atoms with Crippen molar-refractivity contribution in [1.29, 1.82) is 0 Å². The van der Waals surface area contributed by atoms with Crippen LogP contribution in [-0.4, -0.2) is 32.8 Å². The van der Waals surface area contributed by atoms with Crippen molar-refractivity contribution in [2.75, 3.05) is 5.32 Å². The summed E-state index contributed by atoms with van der Waals surface area (Å²) in [7, 11) is 0. The van der Waals surface area contributed by atoms with Gasteiger partial charge in [0.1, 0.15) is 5.01 Å². The Morgan fingerprint density at radius 1 is 1.03 bits per heavy atom. The first-order chi connectivity index (χ1) is 14.0. The van der Waals surface area contributed by atoms with Gasteiger partial charge in [-0.3, -0.25) is 24.6 Å². The highest BCUT2D eigenvalue weighted by Crippen LogP contribution is 2.25. The summed E-state index contributed by atoms with van der Waals surface area (Å²) in [5, 5.41) is 11.3. The van der Waals surface area contributed by atoms with Gasteiger partial charge in [0.05, 0.1) is 17.7 Å². The molecule has 8 heteroatoms.